The molecule has 4 N–H and O–H groups in total. The van der Waals surface area contributed by atoms with Gasteiger partial charge >= 0.3 is 0 Å². The third kappa shape index (κ3) is 4.74. The summed E-state index contributed by atoms with van der Waals surface area (Å²) in [5, 5.41) is 8.72. The normalized spacial score (nSPS) is 16.0. The van der Waals surface area contributed by atoms with Crippen LogP contribution in [-0.4, -0.2) is 30.0 Å². The lowest BCUT2D eigenvalue weighted by molar-refractivity contribution is -0.118. The first-order chi connectivity index (χ1) is 14.1. The van der Waals surface area contributed by atoms with Gasteiger partial charge in [0.05, 0.1) is 21.6 Å². The molecule has 1 aliphatic heterocycles. The van der Waals surface area contributed by atoms with Crippen molar-refractivity contribution in [1.82, 2.24) is 10.3 Å². The van der Waals surface area contributed by atoms with Crippen LogP contribution < -0.4 is 16.4 Å². The molecule has 0 bridgehead atoms. The number of carbonyl (C=O) groups excluding carboxylic acids is 1. The maximum absolute atomic E-state index is 13.3. The van der Waals surface area contributed by atoms with Crippen LogP contribution in [0.4, 0.5) is 10.1 Å². The predicted octanol–water partition coefficient (Wildman–Crippen LogP) is 4.15. The summed E-state index contributed by atoms with van der Waals surface area (Å²) >= 11 is 1.57. The summed E-state index contributed by atoms with van der Waals surface area (Å²) in [6.45, 7) is 2.08. The van der Waals surface area contributed by atoms with Crippen LogP contribution in [0.1, 0.15) is 25.7 Å². The molecule has 1 atom stereocenters. The van der Waals surface area contributed by atoms with Crippen LogP contribution in [0.2, 0.25) is 0 Å². The summed E-state index contributed by atoms with van der Waals surface area (Å²) in [5.74, 6) is 0.00747. The van der Waals surface area contributed by atoms with Crippen molar-refractivity contribution in [1.29, 1.82) is 0 Å². The molecule has 3 aromatic rings. The molecule has 1 unspecified atom stereocenters. The molecule has 1 amide bonds. The largest absolute Gasteiger partial charge is 0.372 e. The van der Waals surface area contributed by atoms with Crippen molar-refractivity contribution in [3.63, 3.8) is 0 Å². The number of pyridine rings is 1. The molecule has 1 fully saturated rings. The number of benzene rings is 1. The number of nitrogens with two attached hydrogens (primary N) is 1. The van der Waals surface area contributed by atoms with E-state index in [0.717, 1.165) is 59.5 Å². The minimum absolute atomic E-state index is 0.282. The van der Waals surface area contributed by atoms with Crippen molar-refractivity contribution in [3.8, 4) is 11.3 Å². The minimum Gasteiger partial charge on any atom is -0.372 e. The monoisotopic (exact) mass is 412 g/mol. The summed E-state index contributed by atoms with van der Waals surface area (Å²) in [6, 6.07) is 9.71. The van der Waals surface area contributed by atoms with E-state index in [1.165, 1.54) is 12.1 Å². The Labute approximate surface area is 173 Å². The van der Waals surface area contributed by atoms with Crippen molar-refractivity contribution in [2.45, 2.75) is 31.7 Å². The molecule has 29 heavy (non-hydrogen) atoms. The SMILES string of the molecule is NC(=O)C(CCC1CCNCC1)Nc1cc(-c2ccc(F)cc2)nc2ccsc12. The van der Waals surface area contributed by atoms with E-state index in [1.54, 1.807) is 23.5 Å². The van der Waals surface area contributed by atoms with Crippen molar-refractivity contribution in [2.24, 2.45) is 11.7 Å². The first kappa shape index (κ1) is 19.8. The second-order valence-electron chi connectivity index (χ2n) is 7.57. The summed E-state index contributed by atoms with van der Waals surface area (Å²) in [6.07, 6.45) is 3.97. The Morgan fingerprint density at radius 2 is 2.03 bits per heavy atom. The fraction of sp³-hybridized carbons (Fsp3) is 0.364. The molecule has 7 heteroatoms. The number of primary amides is 1. The van der Waals surface area contributed by atoms with Gasteiger partial charge in [-0.3, -0.25) is 4.79 Å². The average Bonchev–Trinajstić information content (AvgIpc) is 3.21. The van der Waals surface area contributed by atoms with Crippen LogP contribution in [0.5, 0.6) is 0 Å². The molecular weight excluding hydrogens is 387 g/mol. The zero-order valence-corrected chi connectivity index (χ0v) is 17.0. The smallest absolute Gasteiger partial charge is 0.239 e. The number of piperidine rings is 1. The van der Waals surface area contributed by atoms with Crippen molar-refractivity contribution in [3.05, 3.63) is 47.6 Å². The Morgan fingerprint density at radius 3 is 2.76 bits per heavy atom. The minimum atomic E-state index is -0.432. The Kier molecular flexibility index (Phi) is 6.06. The zero-order valence-electron chi connectivity index (χ0n) is 16.2. The summed E-state index contributed by atoms with van der Waals surface area (Å²) < 4.78 is 14.3. The highest BCUT2D eigenvalue weighted by molar-refractivity contribution is 7.17. The molecule has 1 aromatic carbocycles. The van der Waals surface area contributed by atoms with Gasteiger partial charge in [0.15, 0.2) is 0 Å². The molecule has 0 spiro atoms. The third-order valence-corrected chi connectivity index (χ3v) is 6.48. The Hall–Kier alpha value is -2.51. The molecule has 0 saturated carbocycles. The van der Waals surface area contributed by atoms with Gasteiger partial charge < -0.3 is 16.4 Å². The molecule has 3 heterocycles. The van der Waals surface area contributed by atoms with E-state index in [0.29, 0.717) is 12.3 Å². The van der Waals surface area contributed by atoms with E-state index < -0.39 is 6.04 Å². The lowest BCUT2D eigenvalue weighted by Gasteiger charge is -2.25. The predicted molar refractivity (Wildman–Crippen MR) is 116 cm³/mol. The van der Waals surface area contributed by atoms with Crippen molar-refractivity contribution < 1.29 is 9.18 Å². The topological polar surface area (TPSA) is 80.0 Å². The number of hydrogen-bond acceptors (Lipinski definition) is 5. The number of amides is 1. The second-order valence-corrected chi connectivity index (χ2v) is 8.48. The summed E-state index contributed by atoms with van der Waals surface area (Å²) in [7, 11) is 0. The van der Waals surface area contributed by atoms with Gasteiger partial charge in [0.25, 0.3) is 0 Å². The van der Waals surface area contributed by atoms with Gasteiger partial charge in [-0.05, 0) is 86.5 Å². The highest BCUT2D eigenvalue weighted by Gasteiger charge is 2.21. The van der Waals surface area contributed by atoms with Gasteiger partial charge in [-0.15, -0.1) is 11.3 Å². The maximum atomic E-state index is 13.3. The van der Waals surface area contributed by atoms with E-state index in [9.17, 15) is 9.18 Å². The highest BCUT2D eigenvalue weighted by Crippen LogP contribution is 2.33. The Morgan fingerprint density at radius 1 is 1.28 bits per heavy atom. The van der Waals surface area contributed by atoms with E-state index in [-0.39, 0.29) is 11.7 Å². The van der Waals surface area contributed by atoms with Crippen molar-refractivity contribution in [2.75, 3.05) is 18.4 Å². The third-order valence-electron chi connectivity index (χ3n) is 5.55. The number of nitrogens with one attached hydrogen (secondary N) is 2. The number of anilines is 1. The zero-order chi connectivity index (χ0) is 20.2. The first-order valence-electron chi connectivity index (χ1n) is 10.0. The molecule has 5 nitrogen and oxygen atoms in total. The van der Waals surface area contributed by atoms with Crippen LogP contribution in [0.3, 0.4) is 0 Å². The van der Waals surface area contributed by atoms with Crippen LogP contribution in [-0.2, 0) is 4.79 Å². The summed E-state index contributed by atoms with van der Waals surface area (Å²) in [5.41, 5.74) is 8.97. The van der Waals surface area contributed by atoms with Crippen LogP contribution in [0, 0.1) is 11.7 Å². The van der Waals surface area contributed by atoms with E-state index in [1.807, 2.05) is 17.5 Å². The molecule has 4 rings (SSSR count). The Balaban J connectivity index is 1.58. The van der Waals surface area contributed by atoms with Crippen molar-refractivity contribution >= 4 is 33.1 Å². The number of aromatic nitrogens is 1. The fourth-order valence-electron chi connectivity index (χ4n) is 3.88. The molecule has 1 aliphatic rings. The van der Waals surface area contributed by atoms with Gasteiger partial charge in [-0.2, -0.15) is 0 Å². The van der Waals surface area contributed by atoms with Crippen LogP contribution in [0.25, 0.3) is 21.5 Å². The number of hydrogen-bond donors (Lipinski definition) is 3. The number of rotatable bonds is 7. The van der Waals surface area contributed by atoms with E-state index in [2.05, 4.69) is 10.6 Å². The quantitative estimate of drug-likeness (QED) is 0.545. The number of carbonyl (C=O) groups is 1. The van der Waals surface area contributed by atoms with E-state index >= 15 is 0 Å². The van der Waals surface area contributed by atoms with Gasteiger partial charge in [0.1, 0.15) is 11.9 Å². The van der Waals surface area contributed by atoms with Gasteiger partial charge in [-0.25, -0.2) is 9.37 Å². The van der Waals surface area contributed by atoms with Crippen LogP contribution >= 0.6 is 11.3 Å². The van der Waals surface area contributed by atoms with E-state index in [4.69, 9.17) is 10.7 Å². The maximum Gasteiger partial charge on any atom is 0.239 e. The van der Waals surface area contributed by atoms with Gasteiger partial charge in [-0.1, -0.05) is 0 Å². The molecule has 0 aliphatic carbocycles. The molecule has 0 radical (unpaired) electrons. The summed E-state index contributed by atoms with van der Waals surface area (Å²) in [4.78, 5) is 16.8. The number of thiophene rings is 1. The molecule has 1 saturated heterocycles. The lowest BCUT2D eigenvalue weighted by atomic mass is 9.91. The fourth-order valence-corrected chi connectivity index (χ4v) is 4.69. The molecular formula is C22H25FN4OS. The Bertz CT molecular complexity index is 982. The number of halogens is 1. The number of fused-ring (bicyclic) bond motifs is 1. The van der Waals surface area contributed by atoms with Gasteiger partial charge in [0.2, 0.25) is 5.91 Å². The van der Waals surface area contributed by atoms with Crippen LogP contribution in [0.15, 0.2) is 41.8 Å². The van der Waals surface area contributed by atoms with Gasteiger partial charge in [0, 0.05) is 5.56 Å². The number of nitrogens with zero attached hydrogens (tertiary/aromatic N) is 1. The highest BCUT2D eigenvalue weighted by atomic mass is 32.1. The standard InChI is InChI=1S/C22H25FN4OS/c23-16-4-2-15(3-5-16)19-13-20(21-17(26-19)9-12-29-21)27-18(22(24)28)6-1-14-7-10-25-11-8-14/h2-5,9,12-14,18,25H,1,6-8,10-11H2,(H2,24,28)(H,26,27). The lowest BCUT2D eigenvalue weighted by Crippen LogP contribution is -2.36. The molecule has 152 valence electrons. The average molecular weight is 413 g/mol. The first-order valence-corrected chi connectivity index (χ1v) is 10.9. The molecule has 2 aromatic heterocycles. The second kappa shape index (κ2) is 8.88.